The van der Waals surface area contributed by atoms with E-state index in [1.165, 1.54) is 32.1 Å². The van der Waals surface area contributed by atoms with E-state index in [4.69, 9.17) is 0 Å². The molecule has 2 nitrogen and oxygen atoms in total. The maximum Gasteiger partial charge on any atom is 0.146 e. The van der Waals surface area contributed by atoms with Crippen molar-refractivity contribution in [3.8, 4) is 0 Å². The van der Waals surface area contributed by atoms with Crippen LogP contribution in [0, 0.1) is 17.7 Å². The lowest BCUT2D eigenvalue weighted by Crippen LogP contribution is -2.42. The summed E-state index contributed by atoms with van der Waals surface area (Å²) in [7, 11) is 0. The predicted molar refractivity (Wildman–Crippen MR) is 86.1 cm³/mol. The highest BCUT2D eigenvalue weighted by molar-refractivity contribution is 5.49. The fourth-order valence-corrected chi connectivity index (χ4v) is 4.01. The maximum absolute atomic E-state index is 14.4. The Labute approximate surface area is 127 Å². The number of anilines is 1. The highest BCUT2D eigenvalue weighted by Crippen LogP contribution is 2.38. The first-order chi connectivity index (χ1) is 10.3. The second-order valence-corrected chi connectivity index (χ2v) is 6.61. The van der Waals surface area contributed by atoms with E-state index >= 15 is 0 Å². The number of piperidine rings is 1. The van der Waals surface area contributed by atoms with Crippen molar-refractivity contribution in [3.05, 3.63) is 29.6 Å². The number of benzene rings is 1. The van der Waals surface area contributed by atoms with Gasteiger partial charge in [-0.3, -0.25) is 0 Å². The van der Waals surface area contributed by atoms with Gasteiger partial charge in [0, 0.05) is 19.6 Å². The summed E-state index contributed by atoms with van der Waals surface area (Å²) in [5.41, 5.74) is 1.84. The van der Waals surface area contributed by atoms with Gasteiger partial charge < -0.3 is 10.2 Å². The van der Waals surface area contributed by atoms with Crippen molar-refractivity contribution in [3.63, 3.8) is 0 Å². The number of hydrogen-bond donors (Lipinski definition) is 1. The fourth-order valence-electron chi connectivity index (χ4n) is 4.01. The van der Waals surface area contributed by atoms with Crippen molar-refractivity contribution in [2.24, 2.45) is 11.8 Å². The lowest BCUT2D eigenvalue weighted by molar-refractivity contribution is 0.202. The molecule has 1 saturated carbocycles. The molecule has 116 valence electrons. The van der Waals surface area contributed by atoms with Crippen molar-refractivity contribution < 1.29 is 4.39 Å². The monoisotopic (exact) mass is 290 g/mol. The van der Waals surface area contributed by atoms with Gasteiger partial charge in [-0.15, -0.1) is 0 Å². The Balaban J connectivity index is 1.68. The van der Waals surface area contributed by atoms with Crippen LogP contribution in [0.3, 0.4) is 0 Å². The molecule has 2 aliphatic rings. The van der Waals surface area contributed by atoms with E-state index in [1.54, 1.807) is 6.07 Å². The molecular weight excluding hydrogens is 263 g/mol. The van der Waals surface area contributed by atoms with Crippen molar-refractivity contribution in [1.29, 1.82) is 0 Å². The molecule has 1 aromatic rings. The second-order valence-electron chi connectivity index (χ2n) is 6.61. The molecule has 1 aromatic carbocycles. The van der Waals surface area contributed by atoms with Gasteiger partial charge in [-0.1, -0.05) is 32.3 Å². The smallest absolute Gasteiger partial charge is 0.146 e. The molecule has 1 aliphatic carbocycles. The van der Waals surface area contributed by atoms with Crippen LogP contribution in [-0.4, -0.2) is 19.6 Å². The number of nitrogens with one attached hydrogen (secondary N) is 1. The van der Waals surface area contributed by atoms with E-state index in [1.807, 2.05) is 6.07 Å². The summed E-state index contributed by atoms with van der Waals surface area (Å²) in [5.74, 6) is 1.62. The Morgan fingerprint density at radius 3 is 2.76 bits per heavy atom. The zero-order valence-electron chi connectivity index (χ0n) is 13.1. The largest absolute Gasteiger partial charge is 0.369 e. The van der Waals surface area contributed by atoms with Crippen LogP contribution in [0.4, 0.5) is 10.1 Å². The summed E-state index contributed by atoms with van der Waals surface area (Å²) in [6.45, 7) is 5.80. The van der Waals surface area contributed by atoms with Crippen LogP contribution in [0.2, 0.25) is 0 Å². The van der Waals surface area contributed by atoms with Gasteiger partial charge in [0.2, 0.25) is 0 Å². The van der Waals surface area contributed by atoms with E-state index in [9.17, 15) is 4.39 Å². The summed E-state index contributed by atoms with van der Waals surface area (Å²) in [6.07, 6.45) is 6.72. The topological polar surface area (TPSA) is 15.3 Å². The van der Waals surface area contributed by atoms with E-state index in [-0.39, 0.29) is 5.82 Å². The SMILES string of the molecule is CCNCc1ccc(N2CCC3CCCCC3C2)c(F)c1. The molecule has 0 spiro atoms. The molecule has 0 amide bonds. The van der Waals surface area contributed by atoms with Crippen LogP contribution >= 0.6 is 0 Å². The quantitative estimate of drug-likeness (QED) is 0.903. The molecule has 1 heterocycles. The summed E-state index contributed by atoms with van der Waals surface area (Å²) in [5, 5.41) is 3.25. The standard InChI is InChI=1S/C18H27FN2/c1-2-20-12-14-7-8-18(17(19)11-14)21-10-9-15-5-3-4-6-16(15)13-21/h7-8,11,15-16,20H,2-6,9-10,12-13H2,1H3. The number of halogens is 1. The highest BCUT2D eigenvalue weighted by atomic mass is 19.1. The van der Waals surface area contributed by atoms with Gasteiger partial charge in [0.05, 0.1) is 5.69 Å². The second kappa shape index (κ2) is 6.78. The molecule has 3 heteroatoms. The maximum atomic E-state index is 14.4. The van der Waals surface area contributed by atoms with Crippen LogP contribution in [0.25, 0.3) is 0 Å². The van der Waals surface area contributed by atoms with Crippen LogP contribution < -0.4 is 10.2 Å². The number of rotatable bonds is 4. The molecule has 3 rings (SSSR count). The van der Waals surface area contributed by atoms with Gasteiger partial charge in [0.25, 0.3) is 0 Å². The van der Waals surface area contributed by atoms with Crippen molar-refractivity contribution in [2.75, 3.05) is 24.5 Å². The average molecular weight is 290 g/mol. The minimum Gasteiger partial charge on any atom is -0.369 e. The third kappa shape index (κ3) is 3.39. The average Bonchev–Trinajstić information content (AvgIpc) is 2.52. The van der Waals surface area contributed by atoms with E-state index in [2.05, 4.69) is 23.2 Å². The van der Waals surface area contributed by atoms with Crippen molar-refractivity contribution in [2.45, 2.75) is 45.6 Å². The van der Waals surface area contributed by atoms with Crippen LogP contribution in [0.5, 0.6) is 0 Å². The van der Waals surface area contributed by atoms with Gasteiger partial charge in [0.1, 0.15) is 5.82 Å². The highest BCUT2D eigenvalue weighted by Gasteiger charge is 2.31. The van der Waals surface area contributed by atoms with E-state index in [0.29, 0.717) is 0 Å². The van der Waals surface area contributed by atoms with Crippen LogP contribution in [-0.2, 0) is 6.54 Å². The Hall–Kier alpha value is -1.09. The van der Waals surface area contributed by atoms with Gasteiger partial charge in [-0.2, -0.15) is 0 Å². The molecule has 2 unspecified atom stereocenters. The zero-order valence-corrected chi connectivity index (χ0v) is 13.1. The minimum absolute atomic E-state index is 0.0559. The molecule has 21 heavy (non-hydrogen) atoms. The third-order valence-corrected chi connectivity index (χ3v) is 5.22. The van der Waals surface area contributed by atoms with Crippen molar-refractivity contribution >= 4 is 5.69 Å². The Morgan fingerprint density at radius 1 is 1.19 bits per heavy atom. The predicted octanol–water partition coefficient (Wildman–Crippen LogP) is 3.95. The fraction of sp³-hybridized carbons (Fsp3) is 0.667. The van der Waals surface area contributed by atoms with Crippen LogP contribution in [0.1, 0.15) is 44.6 Å². The van der Waals surface area contributed by atoms with Crippen LogP contribution in [0.15, 0.2) is 18.2 Å². The van der Waals surface area contributed by atoms with Gasteiger partial charge >= 0.3 is 0 Å². The summed E-state index contributed by atoms with van der Waals surface area (Å²) in [6, 6.07) is 5.74. The summed E-state index contributed by atoms with van der Waals surface area (Å²) in [4.78, 5) is 2.28. The number of hydrogen-bond acceptors (Lipinski definition) is 2. The van der Waals surface area contributed by atoms with Gasteiger partial charge in [-0.25, -0.2) is 4.39 Å². The van der Waals surface area contributed by atoms with E-state index in [0.717, 1.165) is 49.3 Å². The van der Waals surface area contributed by atoms with Gasteiger partial charge in [0.15, 0.2) is 0 Å². The molecule has 2 fully saturated rings. The molecule has 2 atom stereocenters. The van der Waals surface area contributed by atoms with E-state index < -0.39 is 0 Å². The molecule has 0 bridgehead atoms. The molecule has 0 radical (unpaired) electrons. The molecule has 0 aromatic heterocycles. The third-order valence-electron chi connectivity index (χ3n) is 5.22. The summed E-state index contributed by atoms with van der Waals surface area (Å²) >= 11 is 0. The zero-order chi connectivity index (χ0) is 14.7. The molecule has 1 saturated heterocycles. The molecular formula is C18H27FN2. The Kier molecular flexibility index (Phi) is 4.79. The lowest BCUT2D eigenvalue weighted by Gasteiger charge is -2.42. The first kappa shape index (κ1) is 14.8. The number of fused-ring (bicyclic) bond motifs is 1. The van der Waals surface area contributed by atoms with Gasteiger partial charge in [-0.05, 0) is 48.9 Å². The van der Waals surface area contributed by atoms with Crippen molar-refractivity contribution in [1.82, 2.24) is 5.32 Å². The molecule has 1 N–H and O–H groups in total. The molecule has 1 aliphatic heterocycles. The normalized spacial score (nSPS) is 25.7. The number of nitrogens with zero attached hydrogens (tertiary/aromatic N) is 1. The Bertz CT molecular complexity index is 474. The first-order valence-electron chi connectivity index (χ1n) is 8.52. The first-order valence-corrected chi connectivity index (χ1v) is 8.52. The lowest BCUT2D eigenvalue weighted by atomic mass is 9.75. The Morgan fingerprint density at radius 2 is 2.00 bits per heavy atom. The minimum atomic E-state index is -0.0559. The summed E-state index contributed by atoms with van der Waals surface area (Å²) < 4.78 is 14.4.